The molecule has 0 aliphatic carbocycles. The van der Waals surface area contributed by atoms with Gasteiger partial charge in [-0.3, -0.25) is 4.98 Å². The average Bonchev–Trinajstić information content (AvgIpc) is 2.23. The summed E-state index contributed by atoms with van der Waals surface area (Å²) in [7, 11) is -0.371. The molecule has 1 rings (SSSR count). The summed E-state index contributed by atoms with van der Waals surface area (Å²) in [4.78, 5) is 1.27. The van der Waals surface area contributed by atoms with Crippen LogP contribution in [0.15, 0.2) is 11.1 Å². The Morgan fingerprint density at radius 3 is 2.10 bits per heavy atom. The second-order valence-electron chi connectivity index (χ2n) is 3.39. The Hall–Kier alpha value is -0.750. The molecule has 0 amide bonds. The number of rotatable bonds is 3. The van der Waals surface area contributed by atoms with Crippen molar-refractivity contribution in [1.29, 1.82) is 0 Å². The van der Waals surface area contributed by atoms with Crippen molar-refractivity contribution in [3.05, 3.63) is 17.5 Å². The van der Waals surface area contributed by atoms with Gasteiger partial charge in [0.05, 0.1) is 11.3 Å². The zero-order valence-corrected chi connectivity index (χ0v) is 12.5. The largest absolute Gasteiger partial charge is 0.573 e. The average molecular weight is 423 g/mol. The van der Waals surface area contributed by atoms with E-state index in [1.165, 1.54) is 0 Å². The van der Waals surface area contributed by atoms with Crippen molar-refractivity contribution in [2.24, 2.45) is 0 Å². The number of aromatic nitrogens is 1. The molecule has 0 aliphatic heterocycles. The molecule has 0 aromatic carbocycles. The maximum absolute atomic E-state index is 12.7. The lowest BCUT2D eigenvalue weighted by Gasteiger charge is -2.18. The summed E-state index contributed by atoms with van der Waals surface area (Å²) in [5.74, 6) is -1.62. The van der Waals surface area contributed by atoms with Crippen molar-refractivity contribution in [2.45, 2.75) is 22.8 Å². The van der Waals surface area contributed by atoms with Crippen molar-refractivity contribution in [2.75, 3.05) is 0 Å². The fourth-order valence-corrected chi connectivity index (χ4v) is 2.94. The first-order chi connectivity index (χ1) is 9.27. The van der Waals surface area contributed by atoms with E-state index < -0.39 is 48.8 Å². The summed E-state index contributed by atoms with van der Waals surface area (Å²) in [6.45, 7) is 0. The van der Waals surface area contributed by atoms with Crippen LogP contribution in [0, 0.1) is 0 Å². The molecule has 0 saturated carbocycles. The summed E-state index contributed by atoms with van der Waals surface area (Å²) < 4.78 is 101. The van der Waals surface area contributed by atoms with E-state index in [-0.39, 0.29) is 6.20 Å². The SMILES string of the molecule is O=S(=O)(Cl)c1c(C(F)(F)F)cnc(CBr)c1OC(F)(F)F. The minimum Gasteiger partial charge on any atom is -0.402 e. The lowest BCUT2D eigenvalue weighted by Crippen LogP contribution is -2.22. The second-order valence-corrected chi connectivity index (χ2v) is 6.46. The highest BCUT2D eigenvalue weighted by atomic mass is 79.9. The highest BCUT2D eigenvalue weighted by molar-refractivity contribution is 9.08. The number of nitrogens with zero attached hydrogens (tertiary/aromatic N) is 1. The normalized spacial score (nSPS) is 13.3. The van der Waals surface area contributed by atoms with E-state index in [0.717, 1.165) is 0 Å². The van der Waals surface area contributed by atoms with Crippen LogP contribution in [0.5, 0.6) is 5.75 Å². The minimum absolute atomic E-state index is 0.0646. The molecule has 1 heterocycles. The fourth-order valence-electron chi connectivity index (χ4n) is 1.27. The molecule has 0 radical (unpaired) electrons. The summed E-state index contributed by atoms with van der Waals surface area (Å²) in [6.07, 6.45) is -10.7. The van der Waals surface area contributed by atoms with Gasteiger partial charge in [0.2, 0.25) is 0 Å². The maximum Gasteiger partial charge on any atom is 0.573 e. The first kappa shape index (κ1) is 18.3. The van der Waals surface area contributed by atoms with Crippen LogP contribution in [-0.4, -0.2) is 19.8 Å². The van der Waals surface area contributed by atoms with Crippen LogP contribution in [0.3, 0.4) is 0 Å². The maximum atomic E-state index is 12.7. The Kier molecular flexibility index (Phi) is 5.05. The van der Waals surface area contributed by atoms with E-state index in [2.05, 4.69) is 25.7 Å². The van der Waals surface area contributed by atoms with Gasteiger partial charge >= 0.3 is 12.5 Å². The van der Waals surface area contributed by atoms with Crippen molar-refractivity contribution >= 4 is 35.7 Å². The van der Waals surface area contributed by atoms with Crippen molar-refractivity contribution in [1.82, 2.24) is 4.98 Å². The Morgan fingerprint density at radius 1 is 1.24 bits per heavy atom. The predicted octanol–water partition coefficient (Wildman–Crippen LogP) is 3.82. The van der Waals surface area contributed by atoms with Gasteiger partial charge < -0.3 is 4.74 Å². The molecule has 0 atom stereocenters. The Labute approximate surface area is 126 Å². The molecule has 0 unspecified atom stereocenters. The predicted molar refractivity (Wildman–Crippen MR) is 61.6 cm³/mol. The Balaban J connectivity index is 3.80. The quantitative estimate of drug-likeness (QED) is 0.422. The summed E-state index contributed by atoms with van der Waals surface area (Å²) in [5, 5.41) is -0.490. The van der Waals surface area contributed by atoms with E-state index in [4.69, 9.17) is 10.7 Å². The lowest BCUT2D eigenvalue weighted by molar-refractivity contribution is -0.276. The van der Waals surface area contributed by atoms with Gasteiger partial charge in [-0.05, 0) is 0 Å². The molecule has 21 heavy (non-hydrogen) atoms. The third-order valence-electron chi connectivity index (χ3n) is 1.96. The van der Waals surface area contributed by atoms with Crippen LogP contribution in [-0.2, 0) is 20.6 Å². The number of hydrogen-bond acceptors (Lipinski definition) is 4. The van der Waals surface area contributed by atoms with Gasteiger partial charge in [0.1, 0.15) is 4.90 Å². The Morgan fingerprint density at radius 2 is 1.76 bits per heavy atom. The molecular weight excluding hydrogens is 420 g/mol. The molecule has 120 valence electrons. The highest BCUT2D eigenvalue weighted by Gasteiger charge is 2.43. The van der Waals surface area contributed by atoms with Gasteiger partial charge in [-0.15, -0.1) is 13.2 Å². The van der Waals surface area contributed by atoms with Crippen molar-refractivity contribution < 1.29 is 39.5 Å². The second kappa shape index (κ2) is 5.80. The molecular formula is C8H3BrClF6NO3S. The molecule has 1 aromatic heterocycles. The summed E-state index contributed by atoms with van der Waals surface area (Å²) >= 11 is 2.66. The van der Waals surface area contributed by atoms with Gasteiger partial charge in [0.15, 0.2) is 5.75 Å². The standard InChI is InChI=1S/C8H3BrClF6NO3S/c9-1-4-5(20-8(14,15)16)6(21(10,18)19)3(2-17-4)7(11,12)13/h2H,1H2. The fraction of sp³-hybridized carbons (Fsp3) is 0.375. The zero-order valence-electron chi connectivity index (χ0n) is 9.39. The van der Waals surface area contributed by atoms with Crippen LogP contribution >= 0.6 is 26.6 Å². The first-order valence-electron chi connectivity index (χ1n) is 4.63. The first-order valence-corrected chi connectivity index (χ1v) is 8.06. The van der Waals surface area contributed by atoms with Crippen LogP contribution in [0.4, 0.5) is 26.3 Å². The molecule has 13 heteroatoms. The lowest BCUT2D eigenvalue weighted by atomic mass is 10.2. The van der Waals surface area contributed by atoms with E-state index >= 15 is 0 Å². The number of alkyl halides is 7. The Bertz CT molecular complexity index is 645. The highest BCUT2D eigenvalue weighted by Crippen LogP contribution is 2.43. The molecule has 1 aromatic rings. The van der Waals surface area contributed by atoms with E-state index in [1.54, 1.807) is 0 Å². The third kappa shape index (κ3) is 4.61. The van der Waals surface area contributed by atoms with Gasteiger partial charge in [-0.2, -0.15) is 13.2 Å². The topological polar surface area (TPSA) is 56.3 Å². The molecule has 0 saturated heterocycles. The molecule has 0 N–H and O–H groups in total. The van der Waals surface area contributed by atoms with Crippen LogP contribution < -0.4 is 4.74 Å². The van der Waals surface area contributed by atoms with Gasteiger partial charge in [-0.25, -0.2) is 8.42 Å². The van der Waals surface area contributed by atoms with Crippen LogP contribution in [0.2, 0.25) is 0 Å². The smallest absolute Gasteiger partial charge is 0.402 e. The van der Waals surface area contributed by atoms with Crippen LogP contribution in [0.1, 0.15) is 11.3 Å². The number of hydrogen-bond donors (Lipinski definition) is 0. The van der Waals surface area contributed by atoms with Crippen LogP contribution in [0.25, 0.3) is 0 Å². The summed E-state index contributed by atoms with van der Waals surface area (Å²) in [5.41, 5.74) is -2.67. The van der Waals surface area contributed by atoms with Crippen molar-refractivity contribution in [3.63, 3.8) is 0 Å². The van der Waals surface area contributed by atoms with E-state index in [1.807, 2.05) is 0 Å². The third-order valence-corrected chi connectivity index (χ3v) is 3.84. The van der Waals surface area contributed by atoms with E-state index in [0.29, 0.717) is 0 Å². The molecule has 0 aliphatic rings. The zero-order chi connectivity index (χ0) is 16.6. The monoisotopic (exact) mass is 421 g/mol. The van der Waals surface area contributed by atoms with E-state index in [9.17, 15) is 34.8 Å². The molecule has 0 bridgehead atoms. The number of ether oxygens (including phenoxy) is 1. The number of halogens is 8. The summed E-state index contributed by atoms with van der Waals surface area (Å²) in [6, 6.07) is 0. The van der Waals surface area contributed by atoms with Gasteiger partial charge in [0, 0.05) is 22.2 Å². The minimum atomic E-state index is -5.43. The molecule has 0 fully saturated rings. The van der Waals surface area contributed by atoms with Gasteiger partial charge in [0.25, 0.3) is 9.05 Å². The molecule has 4 nitrogen and oxygen atoms in total. The van der Waals surface area contributed by atoms with Gasteiger partial charge in [-0.1, -0.05) is 15.9 Å². The van der Waals surface area contributed by atoms with Crippen molar-refractivity contribution in [3.8, 4) is 5.75 Å². The number of pyridine rings is 1. The molecule has 0 spiro atoms.